The van der Waals surface area contributed by atoms with Crippen molar-refractivity contribution in [3.63, 3.8) is 0 Å². The van der Waals surface area contributed by atoms with E-state index in [0.717, 1.165) is 4.90 Å². The van der Waals surface area contributed by atoms with Crippen LogP contribution in [0.15, 0.2) is 24.3 Å². The highest BCUT2D eigenvalue weighted by molar-refractivity contribution is 5.95. The van der Waals surface area contributed by atoms with Crippen molar-refractivity contribution in [2.45, 2.75) is 50.9 Å². The number of imide groups is 1. The lowest BCUT2D eigenvalue weighted by Crippen LogP contribution is -2.51. The van der Waals surface area contributed by atoms with E-state index in [9.17, 15) is 19.7 Å². The van der Waals surface area contributed by atoms with Crippen molar-refractivity contribution < 1.29 is 24.0 Å². The summed E-state index contributed by atoms with van der Waals surface area (Å²) in [7, 11) is 0. The lowest BCUT2D eigenvalue weighted by molar-refractivity contribution is -0.485. The molecule has 0 aliphatic carbocycles. The summed E-state index contributed by atoms with van der Waals surface area (Å²) in [6, 6.07) is 6.23. The van der Waals surface area contributed by atoms with E-state index in [4.69, 9.17) is 9.47 Å². The minimum absolute atomic E-state index is 0.00748. The van der Waals surface area contributed by atoms with Gasteiger partial charge in [-0.2, -0.15) is 0 Å². The molecule has 8 heteroatoms. The predicted molar refractivity (Wildman–Crippen MR) is 86.9 cm³/mol. The van der Waals surface area contributed by atoms with Crippen LogP contribution < -0.4 is 4.74 Å². The first-order valence-electron chi connectivity index (χ1n) is 8.10. The van der Waals surface area contributed by atoms with Crippen LogP contribution in [0.3, 0.4) is 0 Å². The number of carbonyl (C=O) groups excluding carboxylic acids is 2. The molecule has 0 spiro atoms. The Balaban J connectivity index is 1.99. The van der Waals surface area contributed by atoms with Crippen molar-refractivity contribution in [3.8, 4) is 5.75 Å². The van der Waals surface area contributed by atoms with Gasteiger partial charge in [-0.05, 0) is 26.8 Å². The number of hydrogen-bond acceptors (Lipinski definition) is 6. The van der Waals surface area contributed by atoms with Gasteiger partial charge < -0.3 is 9.47 Å². The smallest absolute Gasteiger partial charge is 0.417 e. The van der Waals surface area contributed by atoms with Crippen LogP contribution >= 0.6 is 0 Å². The maximum absolute atomic E-state index is 12.5. The number of fused-ring (bicyclic) bond motifs is 2. The minimum Gasteiger partial charge on any atom is -0.487 e. The molecule has 3 rings (SSSR count). The number of amides is 2. The van der Waals surface area contributed by atoms with Crippen LogP contribution in [0, 0.1) is 10.1 Å². The van der Waals surface area contributed by atoms with Gasteiger partial charge in [0.05, 0.1) is 18.4 Å². The normalized spacial score (nSPS) is 25.0. The third kappa shape index (κ3) is 3.29. The SMILES string of the molecule is CC(C)(C)OC(=O)N1C(=O)C[C@H]2Oc3ccccc3[C@@H](C[N+](=O)[O-])[C@H]21. The molecule has 0 radical (unpaired) electrons. The Morgan fingerprint density at radius 2 is 2.08 bits per heavy atom. The van der Waals surface area contributed by atoms with E-state index in [2.05, 4.69) is 0 Å². The van der Waals surface area contributed by atoms with Crippen LogP contribution in [0.2, 0.25) is 0 Å². The molecule has 0 bridgehead atoms. The van der Waals surface area contributed by atoms with Crippen LogP contribution in [0.25, 0.3) is 0 Å². The second kappa shape index (κ2) is 6.02. The Bertz CT molecular complexity index is 726. The van der Waals surface area contributed by atoms with E-state index in [0.29, 0.717) is 11.3 Å². The van der Waals surface area contributed by atoms with Gasteiger partial charge >= 0.3 is 6.09 Å². The van der Waals surface area contributed by atoms with Gasteiger partial charge in [-0.1, -0.05) is 18.2 Å². The summed E-state index contributed by atoms with van der Waals surface area (Å²) in [6.07, 6.45) is -1.41. The Kier molecular flexibility index (Phi) is 4.14. The highest BCUT2D eigenvalue weighted by Gasteiger charge is 2.54. The second-order valence-corrected chi connectivity index (χ2v) is 7.25. The molecule has 8 nitrogen and oxygen atoms in total. The van der Waals surface area contributed by atoms with Crippen LogP contribution in [0.1, 0.15) is 38.7 Å². The molecule has 2 aliphatic rings. The molecule has 2 heterocycles. The van der Waals surface area contributed by atoms with Crippen molar-refractivity contribution in [2.24, 2.45) is 0 Å². The molecule has 0 aromatic heterocycles. The fraction of sp³-hybridized carbons (Fsp3) is 0.529. The highest BCUT2D eigenvalue weighted by Crippen LogP contribution is 2.43. The molecule has 0 unspecified atom stereocenters. The summed E-state index contributed by atoms with van der Waals surface area (Å²) >= 11 is 0. The van der Waals surface area contributed by atoms with Crippen molar-refractivity contribution in [2.75, 3.05) is 6.54 Å². The molecule has 2 amide bonds. The first-order chi connectivity index (χ1) is 11.7. The van der Waals surface area contributed by atoms with Crippen molar-refractivity contribution in [3.05, 3.63) is 39.9 Å². The van der Waals surface area contributed by atoms with Crippen molar-refractivity contribution in [1.82, 2.24) is 4.90 Å². The molecule has 3 atom stereocenters. The number of hydrogen-bond donors (Lipinski definition) is 0. The number of para-hydroxylation sites is 1. The maximum atomic E-state index is 12.5. The Labute approximate surface area is 144 Å². The van der Waals surface area contributed by atoms with Crippen LogP contribution in [0.5, 0.6) is 5.75 Å². The summed E-state index contributed by atoms with van der Waals surface area (Å²) in [4.78, 5) is 36.7. The number of nitro groups is 1. The van der Waals surface area contributed by atoms with Crippen LogP contribution in [0.4, 0.5) is 4.79 Å². The molecule has 2 aliphatic heterocycles. The van der Waals surface area contributed by atoms with Gasteiger partial charge in [0.2, 0.25) is 12.5 Å². The largest absolute Gasteiger partial charge is 0.487 e. The summed E-state index contributed by atoms with van der Waals surface area (Å²) in [5.74, 6) is -0.552. The summed E-state index contributed by atoms with van der Waals surface area (Å²) in [5, 5.41) is 11.2. The van der Waals surface area contributed by atoms with E-state index in [1.54, 1.807) is 45.0 Å². The van der Waals surface area contributed by atoms with Gasteiger partial charge in [0.15, 0.2) is 0 Å². The maximum Gasteiger partial charge on any atom is 0.417 e. The average Bonchev–Trinajstić information content (AvgIpc) is 2.80. The fourth-order valence-electron chi connectivity index (χ4n) is 3.42. The van der Waals surface area contributed by atoms with E-state index < -0.39 is 47.1 Å². The van der Waals surface area contributed by atoms with Crippen molar-refractivity contribution >= 4 is 12.0 Å². The zero-order chi connectivity index (χ0) is 18.4. The van der Waals surface area contributed by atoms with Gasteiger partial charge in [-0.3, -0.25) is 14.9 Å². The van der Waals surface area contributed by atoms with Crippen LogP contribution in [-0.2, 0) is 9.53 Å². The molecule has 1 fully saturated rings. The van der Waals surface area contributed by atoms with Gasteiger partial charge in [0.1, 0.15) is 17.5 Å². The Hall–Kier alpha value is -2.64. The second-order valence-electron chi connectivity index (χ2n) is 7.25. The molecule has 134 valence electrons. The van der Waals surface area contributed by atoms with Gasteiger partial charge in [0.25, 0.3) is 0 Å². The van der Waals surface area contributed by atoms with Gasteiger partial charge in [-0.15, -0.1) is 0 Å². The molecular weight excluding hydrogens is 328 g/mol. The summed E-state index contributed by atoms with van der Waals surface area (Å²) in [5.41, 5.74) is -0.148. The predicted octanol–water partition coefficient (Wildman–Crippen LogP) is 2.34. The number of carbonyl (C=O) groups is 2. The van der Waals surface area contributed by atoms with Crippen LogP contribution in [-0.4, -0.2) is 46.1 Å². The van der Waals surface area contributed by atoms with E-state index in [1.165, 1.54) is 0 Å². The number of nitrogens with zero attached hydrogens (tertiary/aromatic N) is 2. The lowest BCUT2D eigenvalue weighted by Gasteiger charge is -2.37. The summed E-state index contributed by atoms with van der Waals surface area (Å²) < 4.78 is 11.2. The first-order valence-corrected chi connectivity index (χ1v) is 8.10. The third-order valence-electron chi connectivity index (χ3n) is 4.27. The third-order valence-corrected chi connectivity index (χ3v) is 4.27. The zero-order valence-electron chi connectivity index (χ0n) is 14.3. The van der Waals surface area contributed by atoms with E-state index in [-0.39, 0.29) is 6.42 Å². The molecular formula is C17H20N2O6. The molecule has 0 N–H and O–H groups in total. The van der Waals surface area contributed by atoms with Gasteiger partial charge in [-0.25, -0.2) is 9.69 Å². The summed E-state index contributed by atoms with van der Waals surface area (Å²) in [6.45, 7) is 4.70. The highest BCUT2D eigenvalue weighted by atomic mass is 16.6. The topological polar surface area (TPSA) is 99.0 Å². The first kappa shape index (κ1) is 17.2. The average molecular weight is 348 g/mol. The minimum atomic E-state index is -0.790. The number of benzene rings is 1. The standard InChI is InChI=1S/C17H20N2O6/c1-17(2,3)25-16(21)19-14(20)8-13-15(19)11(9-18(22)23)10-6-4-5-7-12(10)24-13/h4-7,11,13,15H,8-9H2,1-3H3/t11-,13-,15-/m1/s1. The molecule has 25 heavy (non-hydrogen) atoms. The monoisotopic (exact) mass is 348 g/mol. The molecule has 1 aromatic rings. The van der Waals surface area contributed by atoms with E-state index >= 15 is 0 Å². The number of ether oxygens (including phenoxy) is 2. The van der Waals surface area contributed by atoms with Crippen molar-refractivity contribution in [1.29, 1.82) is 0 Å². The molecule has 1 aromatic carbocycles. The zero-order valence-corrected chi connectivity index (χ0v) is 14.3. The molecule has 0 saturated carbocycles. The fourth-order valence-corrected chi connectivity index (χ4v) is 3.42. The Morgan fingerprint density at radius 3 is 2.72 bits per heavy atom. The van der Waals surface area contributed by atoms with Gasteiger partial charge in [0, 0.05) is 10.5 Å². The lowest BCUT2D eigenvalue weighted by atomic mass is 9.85. The van der Waals surface area contributed by atoms with E-state index in [1.807, 2.05) is 0 Å². The Morgan fingerprint density at radius 1 is 1.40 bits per heavy atom. The number of rotatable bonds is 2. The quantitative estimate of drug-likeness (QED) is 0.601. The number of likely N-dealkylation sites (tertiary alicyclic amines) is 1. The molecule has 1 saturated heterocycles.